The molecular weight excluding hydrogens is 266 g/mol. The molecule has 1 atom stereocenters. The number of benzene rings is 1. The van der Waals surface area contributed by atoms with Crippen molar-refractivity contribution in [1.29, 1.82) is 0 Å². The lowest BCUT2D eigenvalue weighted by molar-refractivity contribution is -0.120. The van der Waals surface area contributed by atoms with E-state index in [1.54, 1.807) is 7.11 Å². The minimum Gasteiger partial charge on any atom is -0.380 e. The Morgan fingerprint density at radius 2 is 1.90 bits per heavy atom. The zero-order valence-corrected chi connectivity index (χ0v) is 13.3. The molecule has 0 aliphatic carbocycles. The molecule has 1 unspecified atom stereocenters. The Bertz CT molecular complexity index is 416. The molecule has 0 radical (unpaired) electrons. The van der Waals surface area contributed by atoms with Crippen molar-refractivity contribution >= 4 is 5.91 Å². The number of likely N-dealkylation sites (N-methyl/N-ethyl adjacent to an activating group) is 1. The van der Waals surface area contributed by atoms with E-state index in [9.17, 15) is 4.79 Å². The summed E-state index contributed by atoms with van der Waals surface area (Å²) in [5, 5.41) is 3.24. The van der Waals surface area contributed by atoms with Gasteiger partial charge in [-0.3, -0.25) is 4.79 Å². The molecule has 0 aliphatic heterocycles. The molecule has 0 bridgehead atoms. The van der Waals surface area contributed by atoms with Gasteiger partial charge in [-0.1, -0.05) is 38.1 Å². The third-order valence-corrected chi connectivity index (χ3v) is 3.58. The molecule has 3 N–H and O–H groups in total. The highest BCUT2D eigenvalue weighted by molar-refractivity contribution is 5.81. The first-order valence-corrected chi connectivity index (χ1v) is 7.45. The summed E-state index contributed by atoms with van der Waals surface area (Å²) in [4.78, 5) is 13.9. The number of methoxy groups -OCH3 is 1. The van der Waals surface area contributed by atoms with Gasteiger partial charge < -0.3 is 20.7 Å². The summed E-state index contributed by atoms with van der Waals surface area (Å²) >= 11 is 0. The van der Waals surface area contributed by atoms with Crippen LogP contribution in [0.4, 0.5) is 0 Å². The lowest BCUT2D eigenvalue weighted by Crippen LogP contribution is -2.38. The standard InChI is InChI=1S/C16H27N3O2/c1-4-19(5-2)11-10-18-15(16(17)20)14-8-6-13(7-9-14)12-21-3/h6-9,15,18H,4-5,10-12H2,1-3H3,(H2,17,20). The van der Waals surface area contributed by atoms with Crippen LogP contribution < -0.4 is 11.1 Å². The fraction of sp³-hybridized carbons (Fsp3) is 0.562. The normalized spacial score (nSPS) is 12.6. The van der Waals surface area contributed by atoms with Crippen molar-refractivity contribution in [2.24, 2.45) is 5.73 Å². The van der Waals surface area contributed by atoms with E-state index < -0.39 is 6.04 Å². The van der Waals surface area contributed by atoms with Crippen LogP contribution >= 0.6 is 0 Å². The van der Waals surface area contributed by atoms with E-state index >= 15 is 0 Å². The van der Waals surface area contributed by atoms with E-state index in [2.05, 4.69) is 24.1 Å². The lowest BCUT2D eigenvalue weighted by Gasteiger charge is -2.21. The number of amides is 1. The first kappa shape index (κ1) is 17.6. The molecule has 0 saturated carbocycles. The molecule has 0 aliphatic rings. The van der Waals surface area contributed by atoms with Crippen molar-refractivity contribution < 1.29 is 9.53 Å². The van der Waals surface area contributed by atoms with E-state index in [0.29, 0.717) is 6.61 Å². The molecule has 1 aromatic carbocycles. The second-order valence-corrected chi connectivity index (χ2v) is 4.99. The Hall–Kier alpha value is -1.43. The number of hydrogen-bond acceptors (Lipinski definition) is 4. The van der Waals surface area contributed by atoms with Gasteiger partial charge in [0, 0.05) is 20.2 Å². The van der Waals surface area contributed by atoms with E-state index in [1.807, 2.05) is 24.3 Å². The van der Waals surface area contributed by atoms with Crippen molar-refractivity contribution in [3.8, 4) is 0 Å². The van der Waals surface area contributed by atoms with Crippen LogP contribution in [0.25, 0.3) is 0 Å². The third kappa shape index (κ3) is 5.83. The quantitative estimate of drug-likeness (QED) is 0.682. The van der Waals surface area contributed by atoms with Crippen molar-refractivity contribution in [1.82, 2.24) is 10.2 Å². The number of ether oxygens (including phenoxy) is 1. The van der Waals surface area contributed by atoms with Crippen LogP contribution in [0.5, 0.6) is 0 Å². The van der Waals surface area contributed by atoms with Crippen LogP contribution in [0.2, 0.25) is 0 Å². The number of rotatable bonds is 10. The topological polar surface area (TPSA) is 67.6 Å². The summed E-state index contributed by atoms with van der Waals surface area (Å²) in [6, 6.07) is 7.32. The van der Waals surface area contributed by atoms with Crippen LogP contribution in [-0.2, 0) is 16.1 Å². The number of nitrogens with one attached hydrogen (secondary N) is 1. The molecule has 1 rings (SSSR count). The van der Waals surface area contributed by atoms with Crippen LogP contribution in [-0.4, -0.2) is 44.1 Å². The van der Waals surface area contributed by atoms with Crippen LogP contribution in [0, 0.1) is 0 Å². The maximum atomic E-state index is 11.6. The summed E-state index contributed by atoms with van der Waals surface area (Å²) in [6.07, 6.45) is 0. The summed E-state index contributed by atoms with van der Waals surface area (Å²) in [7, 11) is 1.66. The van der Waals surface area contributed by atoms with Crippen molar-refractivity contribution in [3.63, 3.8) is 0 Å². The van der Waals surface area contributed by atoms with E-state index in [4.69, 9.17) is 10.5 Å². The molecule has 0 heterocycles. The largest absolute Gasteiger partial charge is 0.380 e. The van der Waals surface area contributed by atoms with Gasteiger partial charge in [0.05, 0.1) is 6.61 Å². The Labute approximate surface area is 127 Å². The zero-order valence-electron chi connectivity index (χ0n) is 13.3. The lowest BCUT2D eigenvalue weighted by atomic mass is 10.0. The average molecular weight is 293 g/mol. The van der Waals surface area contributed by atoms with Crippen LogP contribution in [0.15, 0.2) is 24.3 Å². The van der Waals surface area contributed by atoms with E-state index in [0.717, 1.165) is 37.3 Å². The Balaban J connectivity index is 2.62. The number of nitrogens with zero attached hydrogens (tertiary/aromatic N) is 1. The number of hydrogen-bond donors (Lipinski definition) is 2. The number of primary amides is 1. The Morgan fingerprint density at radius 3 is 2.38 bits per heavy atom. The maximum absolute atomic E-state index is 11.6. The molecule has 5 heteroatoms. The fourth-order valence-electron chi connectivity index (χ4n) is 2.26. The number of carbonyl (C=O) groups excluding carboxylic acids is 1. The monoisotopic (exact) mass is 293 g/mol. The van der Waals surface area contributed by atoms with Gasteiger partial charge in [0.15, 0.2) is 0 Å². The second-order valence-electron chi connectivity index (χ2n) is 4.99. The second kappa shape index (κ2) is 9.50. The molecule has 118 valence electrons. The van der Waals surface area contributed by atoms with E-state index in [-0.39, 0.29) is 5.91 Å². The van der Waals surface area contributed by atoms with Gasteiger partial charge in [-0.25, -0.2) is 0 Å². The van der Waals surface area contributed by atoms with Gasteiger partial charge in [-0.15, -0.1) is 0 Å². The SMILES string of the molecule is CCN(CC)CCNC(C(N)=O)c1ccc(COC)cc1. The third-order valence-electron chi connectivity index (χ3n) is 3.58. The van der Waals surface area contributed by atoms with Crippen LogP contribution in [0.3, 0.4) is 0 Å². The molecule has 0 spiro atoms. The van der Waals surface area contributed by atoms with Gasteiger partial charge in [0.1, 0.15) is 6.04 Å². The Morgan fingerprint density at radius 1 is 1.29 bits per heavy atom. The van der Waals surface area contributed by atoms with Gasteiger partial charge in [-0.05, 0) is 24.2 Å². The summed E-state index contributed by atoms with van der Waals surface area (Å²) in [5.41, 5.74) is 7.47. The molecule has 0 fully saturated rings. The van der Waals surface area contributed by atoms with Gasteiger partial charge >= 0.3 is 0 Å². The number of nitrogens with two attached hydrogens (primary N) is 1. The molecule has 0 aromatic heterocycles. The summed E-state index contributed by atoms with van der Waals surface area (Å²) in [5.74, 6) is -0.353. The smallest absolute Gasteiger partial charge is 0.239 e. The predicted molar refractivity (Wildman–Crippen MR) is 84.9 cm³/mol. The predicted octanol–water partition coefficient (Wildman–Crippen LogP) is 1.29. The van der Waals surface area contributed by atoms with Crippen LogP contribution in [0.1, 0.15) is 31.0 Å². The first-order chi connectivity index (χ1) is 10.1. The zero-order chi connectivity index (χ0) is 15.7. The van der Waals surface area contributed by atoms with Gasteiger partial charge in [0.25, 0.3) is 0 Å². The molecule has 1 aromatic rings. The van der Waals surface area contributed by atoms with Gasteiger partial charge in [-0.2, -0.15) is 0 Å². The van der Waals surface area contributed by atoms with Crippen molar-refractivity contribution in [3.05, 3.63) is 35.4 Å². The first-order valence-electron chi connectivity index (χ1n) is 7.45. The molecule has 21 heavy (non-hydrogen) atoms. The molecule has 1 amide bonds. The minimum atomic E-state index is -0.447. The Kier molecular flexibility index (Phi) is 7.97. The maximum Gasteiger partial charge on any atom is 0.239 e. The number of carbonyl (C=O) groups is 1. The summed E-state index contributed by atoms with van der Waals surface area (Å²) < 4.78 is 5.08. The minimum absolute atomic E-state index is 0.353. The van der Waals surface area contributed by atoms with E-state index in [1.165, 1.54) is 0 Å². The highest BCUT2D eigenvalue weighted by Gasteiger charge is 2.17. The van der Waals surface area contributed by atoms with Crippen molar-refractivity contribution in [2.45, 2.75) is 26.5 Å². The molecular formula is C16H27N3O2. The fourth-order valence-corrected chi connectivity index (χ4v) is 2.26. The van der Waals surface area contributed by atoms with Crippen molar-refractivity contribution in [2.75, 3.05) is 33.3 Å². The molecule has 0 saturated heterocycles. The molecule has 5 nitrogen and oxygen atoms in total. The van der Waals surface area contributed by atoms with Gasteiger partial charge in [0.2, 0.25) is 5.91 Å². The summed E-state index contributed by atoms with van der Waals surface area (Å²) in [6.45, 7) is 8.47. The average Bonchev–Trinajstić information content (AvgIpc) is 2.49. The highest BCUT2D eigenvalue weighted by atomic mass is 16.5. The highest BCUT2D eigenvalue weighted by Crippen LogP contribution is 2.14.